The highest BCUT2D eigenvalue weighted by Gasteiger charge is 2.31. The molecule has 0 saturated carbocycles. The molecule has 154 valence electrons. The molecule has 3 aromatic rings. The van der Waals surface area contributed by atoms with Crippen molar-refractivity contribution in [2.75, 3.05) is 0 Å². The predicted octanol–water partition coefficient (Wildman–Crippen LogP) is 7.33. The summed E-state index contributed by atoms with van der Waals surface area (Å²) in [6, 6.07) is 7.39. The molecule has 0 atom stereocenters. The Labute approximate surface area is 177 Å². The predicted molar refractivity (Wildman–Crippen MR) is 111 cm³/mol. The van der Waals surface area contributed by atoms with Gasteiger partial charge in [0.05, 0.1) is 10.6 Å². The molecule has 0 bridgehead atoms. The van der Waals surface area contributed by atoms with Crippen molar-refractivity contribution in [1.29, 1.82) is 0 Å². The first-order valence-corrected chi connectivity index (χ1v) is 9.90. The zero-order valence-electron chi connectivity index (χ0n) is 16.2. The largest absolute Gasteiger partial charge is 0.416 e. The summed E-state index contributed by atoms with van der Waals surface area (Å²) in [6.07, 6.45) is -3.45. The molecule has 0 spiro atoms. The average Bonchev–Trinajstić information content (AvgIpc) is 2.95. The highest BCUT2D eigenvalue weighted by atomic mass is 35.5. The molecule has 1 aromatic heterocycles. The van der Waals surface area contributed by atoms with Gasteiger partial charge in [-0.15, -0.1) is 0 Å². The maximum Gasteiger partial charge on any atom is 0.416 e. The zero-order valence-corrected chi connectivity index (χ0v) is 17.7. The van der Waals surface area contributed by atoms with Crippen molar-refractivity contribution in [3.05, 3.63) is 68.3 Å². The van der Waals surface area contributed by atoms with Gasteiger partial charge in [0.15, 0.2) is 6.29 Å². The molecular weight excluding hydrogens is 422 g/mol. The second-order valence-corrected chi connectivity index (χ2v) is 8.37. The van der Waals surface area contributed by atoms with Gasteiger partial charge >= 0.3 is 6.18 Å². The molecule has 3 rings (SSSR count). The van der Waals surface area contributed by atoms with E-state index in [9.17, 15) is 18.0 Å². The molecule has 1 heterocycles. The Balaban J connectivity index is 2.23. The quantitative estimate of drug-likeness (QED) is 0.379. The first-order chi connectivity index (χ1) is 13.5. The fourth-order valence-corrected chi connectivity index (χ4v) is 4.08. The summed E-state index contributed by atoms with van der Waals surface area (Å²) in [5.74, 6) is 0.214. The van der Waals surface area contributed by atoms with E-state index in [-0.39, 0.29) is 10.9 Å². The molecule has 7 heteroatoms. The number of hydrogen-bond donors (Lipinski definition) is 0. The molecule has 2 nitrogen and oxygen atoms in total. The minimum Gasteiger partial charge on any atom is -0.344 e. The van der Waals surface area contributed by atoms with Crippen molar-refractivity contribution < 1.29 is 18.0 Å². The number of carbonyl (C=O) groups excluding carboxylic acids is 1. The number of aldehydes is 1. The number of carbonyl (C=O) groups is 1. The Morgan fingerprint density at radius 1 is 1.14 bits per heavy atom. The number of halogens is 5. The SMILES string of the molecule is Cc1cc(C(F)(F)F)cc2c1cc(Cc1c(Cl)ccc(C=O)c1Cl)n2CC(C)C. The van der Waals surface area contributed by atoms with E-state index in [0.717, 1.165) is 11.1 Å². The third-order valence-electron chi connectivity index (χ3n) is 4.89. The van der Waals surface area contributed by atoms with E-state index in [2.05, 4.69) is 0 Å². The maximum atomic E-state index is 13.4. The van der Waals surface area contributed by atoms with Crippen molar-refractivity contribution in [3.63, 3.8) is 0 Å². The molecule has 0 unspecified atom stereocenters. The van der Waals surface area contributed by atoms with Gasteiger partial charge in [-0.3, -0.25) is 4.79 Å². The summed E-state index contributed by atoms with van der Waals surface area (Å²) in [5, 5.41) is 1.43. The molecule has 0 aliphatic heterocycles. The maximum absolute atomic E-state index is 13.4. The molecular formula is C22H20Cl2F3NO. The van der Waals surface area contributed by atoms with E-state index in [4.69, 9.17) is 23.2 Å². The van der Waals surface area contributed by atoms with Crippen molar-refractivity contribution in [1.82, 2.24) is 4.57 Å². The van der Waals surface area contributed by atoms with E-state index in [1.165, 1.54) is 12.1 Å². The van der Waals surface area contributed by atoms with Gasteiger partial charge in [0.25, 0.3) is 0 Å². The van der Waals surface area contributed by atoms with Crippen molar-refractivity contribution in [3.8, 4) is 0 Å². The number of alkyl halides is 3. The summed E-state index contributed by atoms with van der Waals surface area (Å²) in [6.45, 7) is 6.22. The van der Waals surface area contributed by atoms with Crippen LogP contribution in [0.2, 0.25) is 10.0 Å². The van der Waals surface area contributed by atoms with Crippen LogP contribution >= 0.6 is 23.2 Å². The fourth-order valence-electron chi connectivity index (χ4n) is 3.53. The second kappa shape index (κ2) is 8.04. The van der Waals surface area contributed by atoms with Crippen LogP contribution in [0.15, 0.2) is 30.3 Å². The number of aromatic nitrogens is 1. The van der Waals surface area contributed by atoms with Gasteiger partial charge in [0.2, 0.25) is 0 Å². The molecule has 0 radical (unpaired) electrons. The molecule has 0 aliphatic rings. The summed E-state index contributed by atoms with van der Waals surface area (Å²) < 4.78 is 42.0. The van der Waals surface area contributed by atoms with E-state index in [0.29, 0.717) is 46.5 Å². The third kappa shape index (κ3) is 4.31. The van der Waals surface area contributed by atoms with Gasteiger partial charge in [-0.2, -0.15) is 13.2 Å². The number of fused-ring (bicyclic) bond motifs is 1. The highest BCUT2D eigenvalue weighted by molar-refractivity contribution is 6.37. The van der Waals surface area contributed by atoms with Crippen molar-refractivity contribution >= 4 is 40.4 Å². The number of nitrogens with zero attached hydrogens (tertiary/aromatic N) is 1. The summed E-state index contributed by atoms with van der Waals surface area (Å²) in [4.78, 5) is 11.2. The lowest BCUT2D eigenvalue weighted by Crippen LogP contribution is -2.10. The normalized spacial score (nSPS) is 12.2. The highest BCUT2D eigenvalue weighted by Crippen LogP contribution is 2.36. The van der Waals surface area contributed by atoms with Gasteiger partial charge in [-0.1, -0.05) is 37.0 Å². The number of aryl methyl sites for hydroxylation is 1. The monoisotopic (exact) mass is 441 g/mol. The van der Waals surface area contributed by atoms with E-state index in [1.54, 1.807) is 19.1 Å². The van der Waals surface area contributed by atoms with Gasteiger partial charge in [0.1, 0.15) is 0 Å². The van der Waals surface area contributed by atoms with Gasteiger partial charge in [-0.05, 0) is 54.3 Å². The van der Waals surface area contributed by atoms with Crippen LogP contribution < -0.4 is 0 Å². The van der Waals surface area contributed by atoms with E-state index < -0.39 is 11.7 Å². The van der Waals surface area contributed by atoms with Crippen LogP contribution in [0.4, 0.5) is 13.2 Å². The molecule has 29 heavy (non-hydrogen) atoms. The van der Waals surface area contributed by atoms with Crippen molar-refractivity contribution in [2.45, 2.75) is 39.9 Å². The smallest absolute Gasteiger partial charge is 0.344 e. The lowest BCUT2D eigenvalue weighted by molar-refractivity contribution is -0.137. The lowest BCUT2D eigenvalue weighted by atomic mass is 10.0. The second-order valence-electron chi connectivity index (χ2n) is 7.59. The van der Waals surface area contributed by atoms with E-state index in [1.807, 2.05) is 24.5 Å². The number of benzene rings is 2. The first kappa shape index (κ1) is 21.7. The molecule has 0 aliphatic carbocycles. The Bertz CT molecular complexity index is 1080. The summed E-state index contributed by atoms with van der Waals surface area (Å²) in [5.41, 5.74) is 2.11. The Hall–Kier alpha value is -1.98. The number of rotatable bonds is 5. The van der Waals surface area contributed by atoms with Crippen LogP contribution in [0.1, 0.15) is 46.6 Å². The zero-order chi connectivity index (χ0) is 21.5. The van der Waals surface area contributed by atoms with Gasteiger partial charge < -0.3 is 4.57 Å². The standard InChI is InChI=1S/C22H20Cl2F3NO/c1-12(2)10-28-16(9-18-19(23)5-4-14(11-29)21(18)24)8-17-13(3)6-15(7-20(17)28)22(25,26)27/h4-8,11-12H,9-10H2,1-3H3. The molecule has 0 N–H and O–H groups in total. The number of hydrogen-bond acceptors (Lipinski definition) is 1. The molecule has 0 fully saturated rings. The van der Waals surface area contributed by atoms with Crippen LogP contribution in [-0.4, -0.2) is 10.9 Å². The molecule has 2 aromatic carbocycles. The average molecular weight is 442 g/mol. The van der Waals surface area contributed by atoms with Crippen LogP contribution in [0.25, 0.3) is 10.9 Å². The fraction of sp³-hybridized carbons (Fsp3) is 0.318. The van der Waals surface area contributed by atoms with Crippen molar-refractivity contribution in [2.24, 2.45) is 5.92 Å². The van der Waals surface area contributed by atoms with Crippen LogP contribution in [-0.2, 0) is 19.1 Å². The van der Waals surface area contributed by atoms with E-state index >= 15 is 0 Å². The Kier molecular flexibility index (Phi) is 6.02. The summed E-state index contributed by atoms with van der Waals surface area (Å²) >= 11 is 12.7. The lowest BCUT2D eigenvalue weighted by Gasteiger charge is -2.16. The minimum atomic E-state index is -4.42. The van der Waals surface area contributed by atoms with Crippen LogP contribution in [0, 0.1) is 12.8 Å². The van der Waals surface area contributed by atoms with Crippen LogP contribution in [0.5, 0.6) is 0 Å². The molecule has 0 saturated heterocycles. The Morgan fingerprint density at radius 2 is 1.83 bits per heavy atom. The van der Waals surface area contributed by atoms with Crippen LogP contribution in [0.3, 0.4) is 0 Å². The third-order valence-corrected chi connectivity index (χ3v) is 5.69. The van der Waals surface area contributed by atoms with Gasteiger partial charge in [0, 0.05) is 40.1 Å². The first-order valence-electron chi connectivity index (χ1n) is 9.15. The minimum absolute atomic E-state index is 0.214. The summed E-state index contributed by atoms with van der Waals surface area (Å²) in [7, 11) is 0. The topological polar surface area (TPSA) is 22.0 Å². The molecule has 0 amide bonds. The van der Waals surface area contributed by atoms with Gasteiger partial charge in [-0.25, -0.2) is 0 Å². The Morgan fingerprint density at radius 3 is 2.41 bits per heavy atom.